The summed E-state index contributed by atoms with van der Waals surface area (Å²) >= 11 is 3.92. The molecule has 188 valence electrons. The van der Waals surface area contributed by atoms with Crippen molar-refractivity contribution in [3.63, 3.8) is 0 Å². The largest absolute Gasteiger partial charge is 0.334 e. The monoisotopic (exact) mass is 498 g/mol. The van der Waals surface area contributed by atoms with E-state index in [2.05, 4.69) is 19.6 Å². The van der Waals surface area contributed by atoms with Crippen molar-refractivity contribution in [1.82, 2.24) is 4.90 Å². The van der Waals surface area contributed by atoms with E-state index >= 15 is 4.39 Å². The summed E-state index contributed by atoms with van der Waals surface area (Å²) in [6.45, 7) is 6.01. The Labute approximate surface area is 205 Å². The van der Waals surface area contributed by atoms with Gasteiger partial charge < -0.3 is 10.6 Å². The number of alkyl halides is 1. The molecule has 1 aliphatic carbocycles. The van der Waals surface area contributed by atoms with Crippen molar-refractivity contribution in [2.45, 2.75) is 64.7 Å². The first-order valence-electron chi connectivity index (χ1n) is 11.8. The zero-order valence-corrected chi connectivity index (χ0v) is 20.8. The topological polar surface area (TPSA) is 46.3 Å². The van der Waals surface area contributed by atoms with Gasteiger partial charge in [0, 0.05) is 17.0 Å². The fourth-order valence-electron chi connectivity index (χ4n) is 3.83. The highest BCUT2D eigenvalue weighted by molar-refractivity contribution is 7.80. The molecule has 1 saturated heterocycles. The molecule has 1 aliphatic heterocycles. The lowest BCUT2D eigenvalue weighted by Crippen LogP contribution is -2.45. The maximum Gasteiger partial charge on any atom is 0.226 e. The number of hydrogen-bond acceptors (Lipinski definition) is 3. The Bertz CT molecular complexity index is 952. The number of thiol groups is 1. The molecule has 2 fully saturated rings. The molecule has 1 amide bonds. The molecule has 4 rings (SSSR count). The number of rotatable bonds is 5. The number of likely N-dealkylation sites (tertiary alicyclic amines) is 1. The fraction of sp³-hybridized carbons (Fsp3) is 0.500. The van der Waals surface area contributed by atoms with E-state index in [9.17, 15) is 18.0 Å². The Morgan fingerprint density at radius 2 is 1.76 bits per heavy atom. The van der Waals surface area contributed by atoms with Crippen molar-refractivity contribution < 1.29 is 22.4 Å². The van der Waals surface area contributed by atoms with E-state index in [1.807, 2.05) is 13.8 Å². The summed E-state index contributed by atoms with van der Waals surface area (Å²) in [5.74, 6) is -1.38. The van der Waals surface area contributed by atoms with Gasteiger partial charge in [-0.15, -0.1) is 0 Å². The molecule has 0 aromatic heterocycles. The summed E-state index contributed by atoms with van der Waals surface area (Å²) in [6, 6.07) is 5.61. The van der Waals surface area contributed by atoms with Gasteiger partial charge in [0.1, 0.15) is 23.6 Å². The molecule has 34 heavy (non-hydrogen) atoms. The SMILES string of the molecule is CC.CCCS.NC1C(F)CN(C(=O)C2CC2)C1Cc1cccc(-c2cc(F)ccc2F)c1F. The normalized spacial score (nSPS) is 21.3. The zero-order valence-electron chi connectivity index (χ0n) is 19.9. The highest BCUT2D eigenvalue weighted by Gasteiger charge is 2.46. The van der Waals surface area contributed by atoms with Gasteiger partial charge in [0.2, 0.25) is 5.91 Å². The summed E-state index contributed by atoms with van der Waals surface area (Å²) in [4.78, 5) is 13.9. The summed E-state index contributed by atoms with van der Waals surface area (Å²) < 4.78 is 56.9. The number of hydrogen-bond donors (Lipinski definition) is 2. The molecule has 2 aromatic rings. The van der Waals surface area contributed by atoms with Gasteiger partial charge in [0.05, 0.1) is 18.6 Å². The van der Waals surface area contributed by atoms with Gasteiger partial charge in [-0.1, -0.05) is 39.0 Å². The minimum absolute atomic E-state index is 0.0106. The highest BCUT2D eigenvalue weighted by Crippen LogP contribution is 2.36. The zero-order chi connectivity index (χ0) is 25.4. The van der Waals surface area contributed by atoms with Crippen LogP contribution in [0, 0.1) is 23.4 Å². The second kappa shape index (κ2) is 13.1. The number of carbonyl (C=O) groups excluding carboxylic acids is 1. The molecular weight excluding hydrogens is 464 g/mol. The molecular formula is C26H34F4N2OS. The van der Waals surface area contributed by atoms with Crippen LogP contribution in [-0.4, -0.2) is 41.4 Å². The minimum atomic E-state index is -1.38. The predicted octanol–water partition coefficient (Wildman–Crippen LogP) is 5.95. The number of carbonyl (C=O) groups is 1. The average molecular weight is 499 g/mol. The Morgan fingerprint density at radius 1 is 1.12 bits per heavy atom. The highest BCUT2D eigenvalue weighted by atomic mass is 32.1. The Morgan fingerprint density at radius 3 is 2.35 bits per heavy atom. The van der Waals surface area contributed by atoms with Gasteiger partial charge in [-0.25, -0.2) is 17.6 Å². The van der Waals surface area contributed by atoms with Crippen LogP contribution in [0.3, 0.4) is 0 Å². The van der Waals surface area contributed by atoms with Crippen molar-refractivity contribution in [3.05, 3.63) is 59.4 Å². The minimum Gasteiger partial charge on any atom is -0.334 e. The lowest BCUT2D eigenvalue weighted by atomic mass is 9.95. The van der Waals surface area contributed by atoms with E-state index < -0.39 is 35.7 Å². The maximum absolute atomic E-state index is 15.1. The van der Waals surface area contributed by atoms with Gasteiger partial charge >= 0.3 is 0 Å². The summed E-state index contributed by atoms with van der Waals surface area (Å²) in [7, 11) is 0. The molecule has 3 nitrogen and oxygen atoms in total. The molecule has 2 aromatic carbocycles. The molecule has 0 spiro atoms. The average Bonchev–Trinajstić information content (AvgIpc) is 3.66. The number of amides is 1. The molecule has 3 atom stereocenters. The van der Waals surface area contributed by atoms with Gasteiger partial charge in [-0.3, -0.25) is 4.79 Å². The van der Waals surface area contributed by atoms with E-state index in [1.165, 1.54) is 29.5 Å². The molecule has 1 saturated carbocycles. The first-order valence-corrected chi connectivity index (χ1v) is 12.5. The third-order valence-corrected chi connectivity index (χ3v) is 6.24. The van der Waals surface area contributed by atoms with Crippen molar-refractivity contribution in [1.29, 1.82) is 0 Å². The number of benzene rings is 2. The van der Waals surface area contributed by atoms with Crippen LogP contribution in [0.2, 0.25) is 0 Å². The molecule has 0 bridgehead atoms. The van der Waals surface area contributed by atoms with Gasteiger partial charge in [0.25, 0.3) is 0 Å². The first-order chi connectivity index (χ1) is 16.3. The lowest BCUT2D eigenvalue weighted by Gasteiger charge is -2.27. The maximum atomic E-state index is 15.1. The van der Waals surface area contributed by atoms with Gasteiger partial charge in [-0.2, -0.15) is 12.6 Å². The van der Waals surface area contributed by atoms with Crippen LogP contribution in [0.25, 0.3) is 11.1 Å². The van der Waals surface area contributed by atoms with Crippen LogP contribution < -0.4 is 5.73 Å². The molecule has 3 unspecified atom stereocenters. The third kappa shape index (κ3) is 6.75. The second-order valence-electron chi connectivity index (χ2n) is 8.26. The number of nitrogens with two attached hydrogens (primary N) is 1. The Balaban J connectivity index is 0.000000618. The smallest absolute Gasteiger partial charge is 0.226 e. The van der Waals surface area contributed by atoms with Crippen LogP contribution in [-0.2, 0) is 11.2 Å². The van der Waals surface area contributed by atoms with E-state index in [4.69, 9.17) is 5.73 Å². The third-order valence-electron chi connectivity index (χ3n) is 5.79. The Kier molecular flexibility index (Phi) is 10.9. The van der Waals surface area contributed by atoms with Crippen molar-refractivity contribution in [2.24, 2.45) is 11.7 Å². The van der Waals surface area contributed by atoms with E-state index in [0.29, 0.717) is 0 Å². The molecule has 2 N–H and O–H groups in total. The summed E-state index contributed by atoms with van der Waals surface area (Å²) in [5.41, 5.74) is 5.87. The first kappa shape index (κ1) is 28.2. The number of nitrogens with zero attached hydrogens (tertiary/aromatic N) is 1. The van der Waals surface area contributed by atoms with Crippen molar-refractivity contribution in [2.75, 3.05) is 12.3 Å². The van der Waals surface area contributed by atoms with Crippen LogP contribution in [0.15, 0.2) is 36.4 Å². The van der Waals surface area contributed by atoms with Gasteiger partial charge in [0.15, 0.2) is 0 Å². The molecule has 0 radical (unpaired) electrons. The van der Waals surface area contributed by atoms with E-state index in [1.54, 1.807) is 0 Å². The molecule has 2 aliphatic rings. The fourth-order valence-corrected chi connectivity index (χ4v) is 3.83. The van der Waals surface area contributed by atoms with Crippen molar-refractivity contribution in [3.8, 4) is 11.1 Å². The van der Waals surface area contributed by atoms with Crippen LogP contribution >= 0.6 is 12.6 Å². The summed E-state index contributed by atoms with van der Waals surface area (Å²) in [6.07, 6.45) is 1.37. The quantitative estimate of drug-likeness (QED) is 0.395. The summed E-state index contributed by atoms with van der Waals surface area (Å²) in [5, 5.41) is 0. The van der Waals surface area contributed by atoms with Crippen molar-refractivity contribution >= 4 is 18.5 Å². The molecule has 1 heterocycles. The van der Waals surface area contributed by atoms with Crippen LogP contribution in [0.5, 0.6) is 0 Å². The van der Waals surface area contributed by atoms with E-state index in [0.717, 1.165) is 36.8 Å². The van der Waals surface area contributed by atoms with Crippen LogP contribution in [0.1, 0.15) is 45.6 Å². The predicted molar refractivity (Wildman–Crippen MR) is 132 cm³/mol. The second-order valence-corrected chi connectivity index (χ2v) is 8.70. The standard InChI is InChI=1S/C21H20F4N2O.C3H8S.C2H6/c22-13-6-7-16(23)15(9-13)14-3-1-2-12(19(14)25)8-18-20(26)17(24)10-27(18)21(28)11-4-5-11;1-2-3-4;1-2/h1-3,6-7,9,11,17-18,20H,4-5,8,10,26H2;4H,2-3H2,1H3;1-2H3. The Hall–Kier alpha value is -2.06. The van der Waals surface area contributed by atoms with Crippen LogP contribution in [0.4, 0.5) is 17.6 Å². The van der Waals surface area contributed by atoms with E-state index in [-0.39, 0.29) is 41.5 Å². The molecule has 8 heteroatoms. The van der Waals surface area contributed by atoms with Gasteiger partial charge in [-0.05, 0) is 55.2 Å². The lowest BCUT2D eigenvalue weighted by molar-refractivity contribution is -0.133. The number of halogens is 4.